The number of ether oxygens (including phenoxy) is 2. The second-order valence-corrected chi connectivity index (χ2v) is 8.21. The van der Waals surface area contributed by atoms with Gasteiger partial charge in [0, 0.05) is 12.1 Å². The number of carboxylic acids is 1. The monoisotopic (exact) mass is 492 g/mol. The van der Waals surface area contributed by atoms with E-state index in [-0.39, 0.29) is 22.4 Å². The largest absolute Gasteiger partial charge is 0.490 e. The van der Waals surface area contributed by atoms with Crippen LogP contribution in [0.1, 0.15) is 18.1 Å². The molecule has 0 radical (unpaired) electrons. The lowest BCUT2D eigenvalue weighted by atomic mass is 10.2. The van der Waals surface area contributed by atoms with E-state index >= 15 is 0 Å². The van der Waals surface area contributed by atoms with Crippen molar-refractivity contribution in [2.45, 2.75) is 18.8 Å². The number of non-ortho nitro benzene ring substituents is 1. The van der Waals surface area contributed by atoms with Crippen LogP contribution in [0.25, 0.3) is 17.2 Å². The van der Waals surface area contributed by atoms with Crippen molar-refractivity contribution in [1.29, 1.82) is 0 Å². The average Bonchev–Trinajstić information content (AvgIpc) is 3.26. The van der Waals surface area contributed by atoms with Crippen LogP contribution in [0.3, 0.4) is 0 Å². The number of fused-ring (bicyclic) bond motifs is 1. The van der Waals surface area contributed by atoms with Gasteiger partial charge in [-0.3, -0.25) is 10.1 Å². The highest BCUT2D eigenvalue weighted by Gasteiger charge is 2.16. The molecule has 0 atom stereocenters. The highest BCUT2D eigenvalue weighted by Crippen LogP contribution is 2.34. The molecule has 1 N–H and O–H groups in total. The Labute approximate surface area is 204 Å². The number of benzene rings is 3. The fraction of sp³-hybridized carbons (Fsp3) is 0.120. The van der Waals surface area contributed by atoms with E-state index in [4.69, 9.17) is 13.9 Å². The van der Waals surface area contributed by atoms with Crippen molar-refractivity contribution in [2.75, 3.05) is 6.61 Å². The van der Waals surface area contributed by atoms with Gasteiger partial charge in [-0.2, -0.15) is 0 Å². The van der Waals surface area contributed by atoms with E-state index in [9.17, 15) is 20.0 Å². The quantitative estimate of drug-likeness (QED) is 0.124. The van der Waals surface area contributed by atoms with Crippen molar-refractivity contribution >= 4 is 40.6 Å². The molecule has 0 amide bonds. The Morgan fingerprint density at radius 3 is 2.57 bits per heavy atom. The number of hydrogen-bond donors (Lipinski definition) is 1. The molecule has 1 heterocycles. The fourth-order valence-corrected chi connectivity index (χ4v) is 3.90. The topological polar surface area (TPSA) is 125 Å². The lowest BCUT2D eigenvalue weighted by molar-refractivity contribution is -0.384. The number of carboxylic acid groups (broad SMARTS) is 1. The maximum atomic E-state index is 11.9. The molecule has 0 fully saturated rings. The number of carbonyl (C=O) groups is 1. The van der Waals surface area contributed by atoms with Crippen molar-refractivity contribution < 1.29 is 28.7 Å². The predicted molar refractivity (Wildman–Crippen MR) is 131 cm³/mol. The highest BCUT2D eigenvalue weighted by molar-refractivity contribution is 8.03. The molecule has 0 unspecified atom stereocenters. The van der Waals surface area contributed by atoms with Gasteiger partial charge in [0.25, 0.3) is 10.9 Å². The van der Waals surface area contributed by atoms with Crippen LogP contribution in [0.15, 0.2) is 81.3 Å². The van der Waals surface area contributed by atoms with Gasteiger partial charge in [-0.15, -0.1) is 0 Å². The van der Waals surface area contributed by atoms with E-state index in [1.165, 1.54) is 18.2 Å². The molecule has 0 aliphatic heterocycles. The molecular formula is C25H20N2O7S. The van der Waals surface area contributed by atoms with Gasteiger partial charge < -0.3 is 19.0 Å². The van der Waals surface area contributed by atoms with Crippen LogP contribution in [0, 0.1) is 10.1 Å². The minimum Gasteiger partial charge on any atom is -0.490 e. The Morgan fingerprint density at radius 1 is 1.11 bits per heavy atom. The zero-order valence-corrected chi connectivity index (χ0v) is 19.4. The zero-order valence-electron chi connectivity index (χ0n) is 18.5. The molecule has 4 aromatic rings. The van der Waals surface area contributed by atoms with Gasteiger partial charge in [0.1, 0.15) is 17.0 Å². The van der Waals surface area contributed by atoms with E-state index in [2.05, 4.69) is 4.98 Å². The molecule has 3 aromatic carbocycles. The summed E-state index contributed by atoms with van der Waals surface area (Å²) >= 11 is 0.915. The Kier molecular flexibility index (Phi) is 7.32. The summed E-state index contributed by atoms with van der Waals surface area (Å²) in [6.45, 7) is 2.39. The SMILES string of the molecule is CCOc1cc(/C=C(\Sc2nc3ccccc3o2)C(=O)O)ccc1OCc1ccc([N+](=O)[O-])cc1. The summed E-state index contributed by atoms with van der Waals surface area (Å²) in [4.78, 5) is 26.6. The van der Waals surface area contributed by atoms with Crippen LogP contribution in [-0.2, 0) is 11.4 Å². The zero-order chi connectivity index (χ0) is 24.8. The molecule has 0 bridgehead atoms. The first-order valence-electron chi connectivity index (χ1n) is 10.5. The van der Waals surface area contributed by atoms with E-state index < -0.39 is 10.9 Å². The van der Waals surface area contributed by atoms with Crippen molar-refractivity contribution in [1.82, 2.24) is 4.98 Å². The van der Waals surface area contributed by atoms with Crippen molar-refractivity contribution in [3.8, 4) is 11.5 Å². The van der Waals surface area contributed by atoms with Crippen LogP contribution < -0.4 is 9.47 Å². The number of aromatic nitrogens is 1. The standard InChI is InChI=1S/C25H20N2O7S/c1-2-32-22-13-17(9-12-21(22)33-15-16-7-10-18(11-8-16)27(30)31)14-23(24(28)29)35-25-26-19-5-3-4-6-20(19)34-25/h3-14H,2,15H2,1H3,(H,28,29)/b23-14-. The van der Waals surface area contributed by atoms with Crippen LogP contribution in [0.5, 0.6) is 11.5 Å². The Morgan fingerprint density at radius 2 is 1.89 bits per heavy atom. The van der Waals surface area contributed by atoms with Crippen LogP contribution in [0.4, 0.5) is 5.69 Å². The first kappa shape index (κ1) is 23.8. The number of nitrogens with zero attached hydrogens (tertiary/aromatic N) is 2. The first-order chi connectivity index (χ1) is 16.9. The summed E-state index contributed by atoms with van der Waals surface area (Å²) in [7, 11) is 0. The third-order valence-corrected chi connectivity index (χ3v) is 5.65. The Hall–Kier alpha value is -4.31. The number of hydrogen-bond acceptors (Lipinski definition) is 8. The summed E-state index contributed by atoms with van der Waals surface area (Å²) in [5.74, 6) is -0.209. The van der Waals surface area contributed by atoms with Gasteiger partial charge in [-0.1, -0.05) is 18.2 Å². The summed E-state index contributed by atoms with van der Waals surface area (Å²) in [6.07, 6.45) is 1.50. The summed E-state index contributed by atoms with van der Waals surface area (Å²) in [5.41, 5.74) is 2.58. The smallest absolute Gasteiger partial charge is 0.342 e. The summed E-state index contributed by atoms with van der Waals surface area (Å²) in [6, 6.07) is 18.4. The fourth-order valence-electron chi connectivity index (χ4n) is 3.15. The number of para-hydroxylation sites is 2. The molecule has 0 aliphatic carbocycles. The molecule has 4 rings (SSSR count). The first-order valence-corrected chi connectivity index (χ1v) is 11.4. The predicted octanol–water partition coefficient (Wildman–Crippen LogP) is 5.93. The molecule has 178 valence electrons. The van der Waals surface area contributed by atoms with Gasteiger partial charge >= 0.3 is 5.97 Å². The third-order valence-electron chi connectivity index (χ3n) is 4.79. The number of thioether (sulfide) groups is 1. The Bertz CT molecular complexity index is 1360. The number of oxazole rings is 1. The van der Waals surface area contributed by atoms with E-state index in [1.807, 2.05) is 19.1 Å². The minimum atomic E-state index is -1.12. The van der Waals surface area contributed by atoms with Crippen molar-refractivity contribution in [2.24, 2.45) is 0 Å². The van der Waals surface area contributed by atoms with Gasteiger partial charge in [-0.05, 0) is 72.3 Å². The summed E-state index contributed by atoms with van der Waals surface area (Å²) in [5, 5.41) is 20.7. The van der Waals surface area contributed by atoms with Gasteiger partial charge in [0.2, 0.25) is 0 Å². The Balaban J connectivity index is 1.53. The second kappa shape index (κ2) is 10.7. The number of rotatable bonds is 10. The highest BCUT2D eigenvalue weighted by atomic mass is 32.2. The molecule has 1 aromatic heterocycles. The van der Waals surface area contributed by atoms with E-state index in [1.54, 1.807) is 42.5 Å². The molecule has 9 nitrogen and oxygen atoms in total. The van der Waals surface area contributed by atoms with E-state index in [0.29, 0.717) is 34.8 Å². The van der Waals surface area contributed by atoms with Crippen LogP contribution in [-0.4, -0.2) is 27.6 Å². The molecule has 0 saturated heterocycles. The summed E-state index contributed by atoms with van der Waals surface area (Å²) < 4.78 is 17.2. The molecule has 0 saturated carbocycles. The van der Waals surface area contributed by atoms with Crippen molar-refractivity contribution in [3.05, 3.63) is 92.9 Å². The lowest BCUT2D eigenvalue weighted by Crippen LogP contribution is -2.01. The normalized spacial score (nSPS) is 11.4. The lowest BCUT2D eigenvalue weighted by Gasteiger charge is -2.13. The van der Waals surface area contributed by atoms with Gasteiger partial charge in [-0.25, -0.2) is 9.78 Å². The maximum Gasteiger partial charge on any atom is 0.342 e. The maximum absolute atomic E-state index is 11.9. The second-order valence-electron chi connectivity index (χ2n) is 7.21. The van der Waals surface area contributed by atoms with Gasteiger partial charge in [0.15, 0.2) is 17.1 Å². The molecule has 0 spiro atoms. The molecular weight excluding hydrogens is 472 g/mol. The van der Waals surface area contributed by atoms with E-state index in [0.717, 1.165) is 17.3 Å². The van der Waals surface area contributed by atoms with Crippen LogP contribution in [0.2, 0.25) is 0 Å². The van der Waals surface area contributed by atoms with Crippen molar-refractivity contribution in [3.63, 3.8) is 0 Å². The number of aliphatic carboxylic acids is 1. The third kappa shape index (κ3) is 5.98. The van der Waals surface area contributed by atoms with Gasteiger partial charge in [0.05, 0.1) is 11.5 Å². The molecule has 0 aliphatic rings. The molecule has 35 heavy (non-hydrogen) atoms. The average molecular weight is 493 g/mol. The van der Waals surface area contributed by atoms with Crippen LogP contribution >= 0.6 is 11.8 Å². The number of nitro benzene ring substituents is 1. The minimum absolute atomic E-state index is 0.00449. The molecule has 10 heteroatoms. The number of nitro groups is 1.